The van der Waals surface area contributed by atoms with E-state index < -0.39 is 0 Å². The lowest BCUT2D eigenvalue weighted by molar-refractivity contribution is 0.332. The van der Waals surface area contributed by atoms with Crippen molar-refractivity contribution in [2.45, 2.75) is 161 Å². The SMILES string of the molecule is Cc1ccc2c(c1)N(c1ccc3c(c1)C(C)(C)CCC3(C)C)c1cc3c(cc1B2c1cc2cc4c(cc2s1)C(C)(C)CCC4(C)C)C(C)(C)CCC3(C)C. The number of rotatable bonds is 2. The maximum Gasteiger partial charge on any atom is 0.259 e. The number of nitrogens with zero attached hydrogens (tertiary/aromatic N) is 1. The second kappa shape index (κ2) is 11.4. The van der Waals surface area contributed by atoms with Crippen LogP contribution in [0.2, 0.25) is 0 Å². The van der Waals surface area contributed by atoms with E-state index in [1.165, 1.54) is 104 Å². The highest BCUT2D eigenvalue weighted by Crippen LogP contribution is 2.52. The maximum absolute atomic E-state index is 2.68. The summed E-state index contributed by atoms with van der Waals surface area (Å²) in [4.78, 5) is 2.67. The molecule has 0 atom stereocenters. The molecule has 1 nitrogen and oxygen atoms in total. The van der Waals surface area contributed by atoms with Gasteiger partial charge in [-0.15, -0.1) is 11.3 Å². The predicted molar refractivity (Wildman–Crippen MR) is 238 cm³/mol. The quantitative estimate of drug-likeness (QED) is 0.160. The number of anilines is 3. The molecule has 0 N–H and O–H groups in total. The van der Waals surface area contributed by atoms with Gasteiger partial charge in [0.15, 0.2) is 0 Å². The van der Waals surface area contributed by atoms with Crippen LogP contribution in [-0.2, 0) is 32.5 Å². The predicted octanol–water partition coefficient (Wildman–Crippen LogP) is 12.6. The number of benzene rings is 4. The van der Waals surface area contributed by atoms with Gasteiger partial charge in [-0.3, -0.25) is 0 Å². The van der Waals surface area contributed by atoms with Crippen molar-refractivity contribution in [2.75, 3.05) is 4.90 Å². The van der Waals surface area contributed by atoms with Crippen molar-refractivity contribution in [1.29, 1.82) is 0 Å². The third-order valence-corrected chi connectivity index (χ3v) is 16.3. The molecule has 0 spiro atoms. The zero-order chi connectivity index (χ0) is 38.5. The Morgan fingerprint density at radius 2 is 0.944 bits per heavy atom. The smallest absolute Gasteiger partial charge is 0.259 e. The van der Waals surface area contributed by atoms with E-state index in [0.29, 0.717) is 0 Å². The Morgan fingerprint density at radius 3 is 1.54 bits per heavy atom. The normalized spacial score (nSPS) is 22.2. The Morgan fingerprint density at radius 1 is 0.463 bits per heavy atom. The summed E-state index contributed by atoms with van der Waals surface area (Å²) in [6, 6.07) is 27.9. The molecule has 5 aromatic rings. The highest BCUT2D eigenvalue weighted by atomic mass is 32.1. The van der Waals surface area contributed by atoms with E-state index in [0.717, 1.165) is 0 Å². The van der Waals surface area contributed by atoms with Crippen LogP contribution in [0.3, 0.4) is 0 Å². The van der Waals surface area contributed by atoms with Crippen molar-refractivity contribution in [1.82, 2.24) is 0 Å². The second-order valence-electron chi connectivity index (χ2n) is 21.9. The van der Waals surface area contributed by atoms with Crippen molar-refractivity contribution in [3.63, 3.8) is 0 Å². The molecular weight excluding hydrogens is 669 g/mol. The Hall–Kier alpha value is -3.30. The van der Waals surface area contributed by atoms with Crippen LogP contribution in [0, 0.1) is 6.92 Å². The fraction of sp³-hybridized carbons (Fsp3) is 0.490. The van der Waals surface area contributed by atoms with Gasteiger partial charge in [0.25, 0.3) is 6.71 Å². The first-order chi connectivity index (χ1) is 25.1. The molecule has 0 fully saturated rings. The van der Waals surface area contributed by atoms with Gasteiger partial charge in [0.05, 0.1) is 0 Å². The lowest BCUT2D eigenvalue weighted by Crippen LogP contribution is -2.57. The van der Waals surface area contributed by atoms with Crippen molar-refractivity contribution in [2.24, 2.45) is 0 Å². The van der Waals surface area contributed by atoms with Gasteiger partial charge in [0.2, 0.25) is 0 Å². The van der Waals surface area contributed by atoms with Crippen LogP contribution in [0.1, 0.15) is 161 Å². The number of aryl methyl sites for hydroxylation is 1. The monoisotopic (exact) mass is 731 g/mol. The molecule has 280 valence electrons. The molecule has 0 radical (unpaired) electrons. The Bertz CT molecular complexity index is 2330. The summed E-state index contributed by atoms with van der Waals surface area (Å²) in [7, 11) is 0. The average Bonchev–Trinajstić information content (AvgIpc) is 3.52. The summed E-state index contributed by atoms with van der Waals surface area (Å²) in [5.41, 5.74) is 18.4. The third-order valence-electron chi connectivity index (χ3n) is 15.2. The largest absolute Gasteiger partial charge is 0.311 e. The minimum absolute atomic E-state index is 0.117. The fourth-order valence-electron chi connectivity index (χ4n) is 11.0. The highest BCUT2D eigenvalue weighted by molar-refractivity contribution is 7.32. The van der Waals surface area contributed by atoms with Gasteiger partial charge in [-0.05, 0) is 180 Å². The number of hydrogen-bond acceptors (Lipinski definition) is 2. The molecule has 0 bridgehead atoms. The molecule has 0 amide bonds. The van der Waals surface area contributed by atoms with E-state index in [1.54, 1.807) is 16.7 Å². The van der Waals surface area contributed by atoms with Crippen LogP contribution in [0.15, 0.2) is 66.7 Å². The molecule has 0 unspecified atom stereocenters. The number of hydrogen-bond donors (Lipinski definition) is 0. The van der Waals surface area contributed by atoms with Gasteiger partial charge < -0.3 is 4.90 Å². The topological polar surface area (TPSA) is 3.24 Å². The van der Waals surface area contributed by atoms with Crippen LogP contribution in [0.25, 0.3) is 10.1 Å². The number of thiophene rings is 1. The van der Waals surface area contributed by atoms with Crippen LogP contribution >= 0.6 is 11.3 Å². The van der Waals surface area contributed by atoms with Gasteiger partial charge >= 0.3 is 0 Å². The Balaban J connectivity index is 1.33. The Kier molecular flexibility index (Phi) is 7.67. The minimum Gasteiger partial charge on any atom is -0.311 e. The molecule has 9 rings (SSSR count). The summed E-state index contributed by atoms with van der Waals surface area (Å²) in [6.07, 6.45) is 7.34. The summed E-state index contributed by atoms with van der Waals surface area (Å²) in [6.45, 7) is 32.0. The first kappa shape index (κ1) is 36.3. The molecule has 4 aromatic carbocycles. The minimum atomic E-state index is 0.117. The van der Waals surface area contributed by atoms with Gasteiger partial charge in [-0.25, -0.2) is 0 Å². The van der Waals surface area contributed by atoms with E-state index >= 15 is 0 Å². The molecule has 1 aliphatic heterocycles. The lowest BCUT2D eigenvalue weighted by atomic mass is 9.37. The average molecular weight is 732 g/mol. The van der Waals surface area contributed by atoms with E-state index in [-0.39, 0.29) is 39.2 Å². The lowest BCUT2D eigenvalue weighted by Gasteiger charge is -2.46. The van der Waals surface area contributed by atoms with Crippen molar-refractivity contribution < 1.29 is 0 Å². The standard InChI is InChI=1S/C51H62BNS/c1-31-14-17-40-42(24-31)53(33-15-16-34-36(27-33)48(6,7)19-18-46(34,2)3)43-29-38-37(49(8,9)21-22-50(38,10)11)28-41(43)52(40)45-26-32-25-35-39(30-44(32)54-45)51(12,13)23-20-47(35,4)5/h14-17,24-30H,18-23H2,1-13H3. The molecule has 3 heteroatoms. The molecular formula is C51H62BNS. The second-order valence-corrected chi connectivity index (χ2v) is 23.0. The van der Waals surface area contributed by atoms with Crippen molar-refractivity contribution in [3.05, 3.63) is 106 Å². The summed E-state index contributed by atoms with van der Waals surface area (Å²) >= 11 is 2.04. The third kappa shape index (κ3) is 5.37. The van der Waals surface area contributed by atoms with Gasteiger partial charge in [-0.1, -0.05) is 107 Å². The van der Waals surface area contributed by atoms with E-state index in [9.17, 15) is 0 Å². The highest BCUT2D eigenvalue weighted by Gasteiger charge is 2.44. The van der Waals surface area contributed by atoms with Gasteiger partial charge in [0.1, 0.15) is 0 Å². The van der Waals surface area contributed by atoms with Crippen LogP contribution in [0.5, 0.6) is 0 Å². The first-order valence-electron chi connectivity index (χ1n) is 20.9. The molecule has 54 heavy (non-hydrogen) atoms. The zero-order valence-electron chi connectivity index (χ0n) is 35.5. The zero-order valence-corrected chi connectivity index (χ0v) is 36.3. The van der Waals surface area contributed by atoms with Crippen LogP contribution in [0.4, 0.5) is 17.1 Å². The van der Waals surface area contributed by atoms with E-state index in [2.05, 4.69) is 162 Å². The molecule has 4 aliphatic rings. The first-order valence-corrected chi connectivity index (χ1v) is 21.7. The van der Waals surface area contributed by atoms with Crippen LogP contribution in [-0.4, -0.2) is 6.71 Å². The van der Waals surface area contributed by atoms with Gasteiger partial charge in [-0.2, -0.15) is 0 Å². The van der Waals surface area contributed by atoms with E-state index in [4.69, 9.17) is 0 Å². The van der Waals surface area contributed by atoms with Crippen molar-refractivity contribution >= 4 is 60.9 Å². The fourth-order valence-corrected chi connectivity index (χ4v) is 12.2. The summed E-state index contributed by atoms with van der Waals surface area (Å²) in [5.74, 6) is 0. The van der Waals surface area contributed by atoms with Crippen molar-refractivity contribution in [3.8, 4) is 0 Å². The number of fused-ring (bicyclic) bond motifs is 6. The molecule has 0 saturated carbocycles. The maximum atomic E-state index is 2.68. The van der Waals surface area contributed by atoms with Gasteiger partial charge in [0, 0.05) is 21.8 Å². The molecule has 3 aliphatic carbocycles. The van der Waals surface area contributed by atoms with E-state index in [1.807, 2.05) is 11.3 Å². The Labute approximate surface area is 331 Å². The summed E-state index contributed by atoms with van der Waals surface area (Å²) in [5, 5.41) is 1.41. The molecule has 2 heterocycles. The van der Waals surface area contributed by atoms with Crippen LogP contribution < -0.4 is 20.6 Å². The molecule has 1 aromatic heterocycles. The summed E-state index contributed by atoms with van der Waals surface area (Å²) < 4.78 is 2.90. The molecule has 0 saturated heterocycles.